The molecule has 2 nitrogen and oxygen atoms in total. The molecule has 5 aromatic carbocycles. The Labute approximate surface area is 192 Å². The molecule has 7 aromatic rings. The lowest BCUT2D eigenvalue weighted by Gasteiger charge is -2.10. The van der Waals surface area contributed by atoms with E-state index in [0.717, 1.165) is 32.9 Å². The average Bonchev–Trinajstić information content (AvgIpc) is 3.23. The van der Waals surface area contributed by atoms with Gasteiger partial charge in [0.15, 0.2) is 0 Å². The van der Waals surface area contributed by atoms with Crippen molar-refractivity contribution in [2.24, 2.45) is 0 Å². The van der Waals surface area contributed by atoms with Crippen LogP contribution in [-0.2, 0) is 0 Å². The van der Waals surface area contributed by atoms with Crippen LogP contribution >= 0.6 is 22.9 Å². The molecule has 0 bridgehead atoms. The minimum absolute atomic E-state index is 0.271. The van der Waals surface area contributed by atoms with E-state index in [9.17, 15) is 0 Å². The van der Waals surface area contributed by atoms with E-state index in [1.165, 1.54) is 30.9 Å². The number of aromatic nitrogens is 2. The van der Waals surface area contributed by atoms with Gasteiger partial charge in [0.05, 0.1) is 11.2 Å². The first-order valence-corrected chi connectivity index (χ1v) is 11.7. The average molecular weight is 447 g/mol. The van der Waals surface area contributed by atoms with E-state index in [1.807, 2.05) is 11.3 Å². The van der Waals surface area contributed by atoms with Gasteiger partial charge in [0.1, 0.15) is 0 Å². The van der Waals surface area contributed by atoms with Gasteiger partial charge in [-0.25, -0.2) is 9.97 Å². The summed E-state index contributed by atoms with van der Waals surface area (Å²) in [6.45, 7) is 0. The Morgan fingerprint density at radius 2 is 1.31 bits per heavy atom. The van der Waals surface area contributed by atoms with Crippen molar-refractivity contribution < 1.29 is 0 Å². The monoisotopic (exact) mass is 446 g/mol. The van der Waals surface area contributed by atoms with Crippen LogP contribution in [0.1, 0.15) is 0 Å². The van der Waals surface area contributed by atoms with Crippen molar-refractivity contribution in [3.05, 3.63) is 96.3 Å². The third kappa shape index (κ3) is 2.52. The minimum atomic E-state index is 0.271. The van der Waals surface area contributed by atoms with Gasteiger partial charge in [0.25, 0.3) is 0 Å². The van der Waals surface area contributed by atoms with Crippen molar-refractivity contribution in [1.29, 1.82) is 0 Å². The molecule has 0 atom stereocenters. The Morgan fingerprint density at radius 1 is 0.594 bits per heavy atom. The molecule has 2 heterocycles. The summed E-state index contributed by atoms with van der Waals surface area (Å²) in [7, 11) is 0. The van der Waals surface area contributed by atoms with Crippen LogP contribution in [-0.4, -0.2) is 9.97 Å². The molecule has 7 rings (SSSR count). The molecule has 0 fully saturated rings. The van der Waals surface area contributed by atoms with E-state index < -0.39 is 0 Å². The standard InChI is InChI=1S/C28H15ClN2S/c29-28-30-25(20-11-5-8-16-6-1-3-9-18(16)20)22-14-15-23-24(26(22)31-28)21-13-12-17-7-2-4-10-19(17)27(21)32-23/h1-15H. The fraction of sp³-hybridized carbons (Fsp3) is 0. The maximum atomic E-state index is 6.52. The van der Waals surface area contributed by atoms with Crippen LogP contribution in [0.15, 0.2) is 91.0 Å². The SMILES string of the molecule is Clc1nc(-c2cccc3ccccc23)c2ccc3sc4c5ccccc5ccc4c3c2n1. The van der Waals surface area contributed by atoms with Gasteiger partial charge >= 0.3 is 0 Å². The highest BCUT2D eigenvalue weighted by Gasteiger charge is 2.17. The van der Waals surface area contributed by atoms with Gasteiger partial charge < -0.3 is 0 Å². The molecular formula is C28H15ClN2S. The number of thiophene rings is 1. The van der Waals surface area contributed by atoms with Crippen LogP contribution in [0.2, 0.25) is 5.28 Å². The zero-order valence-corrected chi connectivity index (χ0v) is 18.4. The lowest BCUT2D eigenvalue weighted by molar-refractivity contribution is 1.23. The zero-order valence-electron chi connectivity index (χ0n) is 16.8. The second-order valence-electron chi connectivity index (χ2n) is 7.97. The number of halogens is 1. The van der Waals surface area contributed by atoms with Crippen molar-refractivity contribution in [3.8, 4) is 11.3 Å². The third-order valence-electron chi connectivity index (χ3n) is 6.21. The summed E-state index contributed by atoms with van der Waals surface area (Å²) in [6.07, 6.45) is 0. The molecule has 0 N–H and O–H groups in total. The smallest absolute Gasteiger partial charge is 0.217 e. The van der Waals surface area contributed by atoms with E-state index in [0.29, 0.717) is 0 Å². The molecule has 0 saturated heterocycles. The maximum absolute atomic E-state index is 6.52. The molecule has 32 heavy (non-hydrogen) atoms. The van der Waals surface area contributed by atoms with Gasteiger partial charge in [-0.1, -0.05) is 78.9 Å². The molecule has 0 radical (unpaired) electrons. The molecule has 150 valence electrons. The summed E-state index contributed by atoms with van der Waals surface area (Å²) in [6, 6.07) is 32.0. The van der Waals surface area contributed by atoms with Crippen LogP contribution in [0.25, 0.3) is 63.9 Å². The lowest BCUT2D eigenvalue weighted by Crippen LogP contribution is -1.92. The van der Waals surface area contributed by atoms with Gasteiger partial charge in [0, 0.05) is 31.1 Å². The molecule has 4 heteroatoms. The van der Waals surface area contributed by atoms with E-state index in [2.05, 4.69) is 91.0 Å². The highest BCUT2D eigenvalue weighted by Crippen LogP contribution is 2.43. The fourth-order valence-corrected chi connectivity index (χ4v) is 6.20. The molecule has 0 aliphatic carbocycles. The van der Waals surface area contributed by atoms with Crippen molar-refractivity contribution in [2.45, 2.75) is 0 Å². The van der Waals surface area contributed by atoms with Crippen molar-refractivity contribution in [2.75, 3.05) is 0 Å². The summed E-state index contributed by atoms with van der Waals surface area (Å²) >= 11 is 8.33. The molecule has 2 aromatic heterocycles. The Balaban J connectivity index is 1.65. The second-order valence-corrected chi connectivity index (χ2v) is 9.36. The number of nitrogens with zero attached hydrogens (tertiary/aromatic N) is 2. The largest absolute Gasteiger partial charge is 0.223 e. The predicted octanol–water partition coefficient (Wildman–Crippen LogP) is 8.62. The number of hydrogen-bond acceptors (Lipinski definition) is 3. The maximum Gasteiger partial charge on any atom is 0.223 e. The number of hydrogen-bond donors (Lipinski definition) is 0. The fourth-order valence-electron chi connectivity index (χ4n) is 4.79. The minimum Gasteiger partial charge on any atom is -0.217 e. The summed E-state index contributed by atoms with van der Waals surface area (Å²) in [5, 5.41) is 8.52. The van der Waals surface area contributed by atoms with Crippen molar-refractivity contribution >= 4 is 75.6 Å². The molecule has 0 saturated carbocycles. The van der Waals surface area contributed by atoms with Crippen LogP contribution in [0.5, 0.6) is 0 Å². The second kappa shape index (κ2) is 6.73. The quantitative estimate of drug-likeness (QED) is 0.236. The highest BCUT2D eigenvalue weighted by atomic mass is 35.5. The van der Waals surface area contributed by atoms with Crippen LogP contribution in [0.3, 0.4) is 0 Å². The van der Waals surface area contributed by atoms with E-state index in [-0.39, 0.29) is 5.28 Å². The third-order valence-corrected chi connectivity index (χ3v) is 7.58. The van der Waals surface area contributed by atoms with E-state index >= 15 is 0 Å². The first-order valence-electron chi connectivity index (χ1n) is 10.5. The first kappa shape index (κ1) is 18.1. The van der Waals surface area contributed by atoms with Gasteiger partial charge in [-0.2, -0.15) is 0 Å². The molecule has 0 spiro atoms. The Kier molecular flexibility index (Phi) is 3.80. The van der Waals surface area contributed by atoms with Crippen molar-refractivity contribution in [1.82, 2.24) is 9.97 Å². The van der Waals surface area contributed by atoms with E-state index in [4.69, 9.17) is 21.6 Å². The molecule has 0 aliphatic rings. The van der Waals surface area contributed by atoms with Crippen LogP contribution in [0.4, 0.5) is 0 Å². The number of benzene rings is 5. The normalized spacial score (nSPS) is 11.9. The summed E-state index contributed by atoms with van der Waals surface area (Å²) in [5.74, 6) is 0. The van der Waals surface area contributed by atoms with Gasteiger partial charge in [0.2, 0.25) is 5.28 Å². The number of fused-ring (bicyclic) bond motifs is 8. The predicted molar refractivity (Wildman–Crippen MR) is 138 cm³/mol. The Hall–Kier alpha value is -3.53. The summed E-state index contributed by atoms with van der Waals surface area (Å²) < 4.78 is 2.49. The van der Waals surface area contributed by atoms with Gasteiger partial charge in [-0.15, -0.1) is 11.3 Å². The Bertz CT molecular complexity index is 1850. The van der Waals surface area contributed by atoms with Crippen molar-refractivity contribution in [3.63, 3.8) is 0 Å². The first-order chi connectivity index (χ1) is 15.8. The lowest BCUT2D eigenvalue weighted by atomic mass is 9.98. The molecule has 0 unspecified atom stereocenters. The highest BCUT2D eigenvalue weighted by molar-refractivity contribution is 7.26. The van der Waals surface area contributed by atoms with Crippen LogP contribution in [0, 0.1) is 0 Å². The van der Waals surface area contributed by atoms with Crippen LogP contribution < -0.4 is 0 Å². The number of rotatable bonds is 1. The van der Waals surface area contributed by atoms with Gasteiger partial charge in [-0.05, 0) is 45.3 Å². The van der Waals surface area contributed by atoms with Gasteiger partial charge in [-0.3, -0.25) is 0 Å². The summed E-state index contributed by atoms with van der Waals surface area (Å²) in [5.41, 5.74) is 2.85. The molecule has 0 amide bonds. The summed E-state index contributed by atoms with van der Waals surface area (Å²) in [4.78, 5) is 9.43. The zero-order chi connectivity index (χ0) is 21.2. The van der Waals surface area contributed by atoms with E-state index in [1.54, 1.807) is 0 Å². The molecular weight excluding hydrogens is 432 g/mol. The Morgan fingerprint density at radius 3 is 2.19 bits per heavy atom. The topological polar surface area (TPSA) is 25.8 Å². The molecule has 0 aliphatic heterocycles.